The van der Waals surface area contributed by atoms with Crippen molar-refractivity contribution < 1.29 is 14.3 Å². The van der Waals surface area contributed by atoms with Gasteiger partial charge in [0.25, 0.3) is 5.91 Å². The van der Waals surface area contributed by atoms with E-state index in [0.717, 1.165) is 16.0 Å². The number of halogens is 1. The second kappa shape index (κ2) is 4.06. The first-order chi connectivity index (χ1) is 8.70. The van der Waals surface area contributed by atoms with Crippen molar-refractivity contribution >= 4 is 38.9 Å². The minimum absolute atomic E-state index is 0.175. The standard InChI is InChI=1S/C10H4ClN3O3S/c11-8-4-1-5-6(17-3-16-5)2-7(4)18-9(8)10(15)13-14-12/h1-2H,3H2. The first-order valence-corrected chi connectivity index (χ1v) is 6.01. The summed E-state index contributed by atoms with van der Waals surface area (Å²) in [5.41, 5.74) is 8.26. The number of thiophene rings is 1. The van der Waals surface area contributed by atoms with E-state index in [1.165, 1.54) is 0 Å². The third-order valence-corrected chi connectivity index (χ3v) is 4.10. The number of ether oxygens (including phenoxy) is 2. The van der Waals surface area contributed by atoms with Gasteiger partial charge in [0.05, 0.1) is 9.90 Å². The van der Waals surface area contributed by atoms with E-state index in [1.54, 1.807) is 12.1 Å². The number of azide groups is 1. The molecule has 1 aromatic heterocycles. The number of hydrogen-bond donors (Lipinski definition) is 0. The first-order valence-electron chi connectivity index (χ1n) is 4.82. The van der Waals surface area contributed by atoms with Crippen molar-refractivity contribution in [1.29, 1.82) is 0 Å². The highest BCUT2D eigenvalue weighted by Crippen LogP contribution is 2.43. The van der Waals surface area contributed by atoms with Crippen molar-refractivity contribution in [2.75, 3.05) is 6.79 Å². The maximum atomic E-state index is 11.5. The molecule has 0 fully saturated rings. The predicted octanol–water partition coefficient (Wildman–Crippen LogP) is 3.73. The molecule has 0 saturated heterocycles. The quantitative estimate of drug-likeness (QED) is 0.453. The van der Waals surface area contributed by atoms with E-state index in [-0.39, 0.29) is 16.7 Å². The van der Waals surface area contributed by atoms with Crippen molar-refractivity contribution in [3.63, 3.8) is 0 Å². The Balaban J connectivity index is 2.23. The molecule has 0 N–H and O–H groups in total. The van der Waals surface area contributed by atoms with Gasteiger partial charge in [0.2, 0.25) is 6.79 Å². The average Bonchev–Trinajstić information content (AvgIpc) is 2.92. The van der Waals surface area contributed by atoms with E-state index >= 15 is 0 Å². The van der Waals surface area contributed by atoms with Crippen molar-refractivity contribution in [3.05, 3.63) is 32.5 Å². The Labute approximate surface area is 109 Å². The van der Waals surface area contributed by atoms with Crippen LogP contribution in [0.5, 0.6) is 11.5 Å². The normalized spacial score (nSPS) is 12.5. The summed E-state index contributed by atoms with van der Waals surface area (Å²) in [6.45, 7) is 0.175. The molecule has 1 aliphatic rings. The molecule has 3 rings (SSSR count). The lowest BCUT2D eigenvalue weighted by Crippen LogP contribution is -1.92. The number of carbonyl (C=O) groups excluding carboxylic acids is 1. The van der Waals surface area contributed by atoms with E-state index in [0.29, 0.717) is 16.9 Å². The number of benzene rings is 1. The zero-order valence-electron chi connectivity index (χ0n) is 8.71. The summed E-state index contributed by atoms with van der Waals surface area (Å²) in [5.74, 6) is 0.513. The molecule has 0 atom stereocenters. The molecule has 1 aliphatic heterocycles. The van der Waals surface area contributed by atoms with Gasteiger partial charge in [0.15, 0.2) is 11.5 Å². The second-order valence-electron chi connectivity index (χ2n) is 3.44. The van der Waals surface area contributed by atoms with Gasteiger partial charge < -0.3 is 9.47 Å². The number of amides is 1. The van der Waals surface area contributed by atoms with Crippen LogP contribution in [0.1, 0.15) is 9.67 Å². The molecular formula is C10H4ClN3O3S. The van der Waals surface area contributed by atoms with E-state index in [1.807, 2.05) is 0 Å². The molecule has 0 radical (unpaired) electrons. The number of fused-ring (bicyclic) bond motifs is 2. The van der Waals surface area contributed by atoms with Crippen LogP contribution in [0.25, 0.3) is 20.5 Å². The molecule has 1 aromatic carbocycles. The van der Waals surface area contributed by atoms with Crippen LogP contribution in [0.2, 0.25) is 5.02 Å². The Morgan fingerprint density at radius 1 is 1.44 bits per heavy atom. The lowest BCUT2D eigenvalue weighted by atomic mass is 10.2. The average molecular weight is 282 g/mol. The van der Waals surface area contributed by atoms with Crippen molar-refractivity contribution in [1.82, 2.24) is 0 Å². The number of nitrogens with zero attached hydrogens (tertiary/aromatic N) is 3. The molecule has 0 spiro atoms. The third kappa shape index (κ3) is 1.57. The highest BCUT2D eigenvalue weighted by Gasteiger charge is 2.21. The molecule has 90 valence electrons. The molecule has 1 amide bonds. The van der Waals surface area contributed by atoms with E-state index in [2.05, 4.69) is 10.0 Å². The minimum atomic E-state index is -0.689. The fraction of sp³-hybridized carbons (Fsp3) is 0.100. The molecule has 18 heavy (non-hydrogen) atoms. The summed E-state index contributed by atoms with van der Waals surface area (Å²) in [5, 5.41) is 3.99. The Kier molecular flexibility index (Phi) is 2.52. The van der Waals surface area contributed by atoms with Crippen molar-refractivity contribution in [2.45, 2.75) is 0 Å². The van der Waals surface area contributed by atoms with Crippen LogP contribution in [0.4, 0.5) is 0 Å². The Hall–Kier alpha value is -1.95. The van der Waals surface area contributed by atoms with Crippen molar-refractivity contribution in [3.8, 4) is 11.5 Å². The zero-order valence-corrected chi connectivity index (χ0v) is 10.3. The lowest BCUT2D eigenvalue weighted by molar-refractivity contribution is 0.100. The summed E-state index contributed by atoms with van der Waals surface area (Å²) in [4.78, 5) is 14.2. The van der Waals surface area contributed by atoms with Gasteiger partial charge in [-0.1, -0.05) is 11.6 Å². The molecule has 2 heterocycles. The lowest BCUT2D eigenvalue weighted by Gasteiger charge is -1.95. The molecule has 0 bridgehead atoms. The Bertz CT molecular complexity index is 721. The van der Waals surface area contributed by atoms with Gasteiger partial charge in [-0.15, -0.1) is 11.3 Å². The van der Waals surface area contributed by atoms with Gasteiger partial charge >= 0.3 is 0 Å². The Morgan fingerprint density at radius 3 is 2.89 bits per heavy atom. The summed E-state index contributed by atoms with van der Waals surface area (Å²) < 4.78 is 11.3. The molecule has 8 heteroatoms. The van der Waals surface area contributed by atoms with Crippen LogP contribution < -0.4 is 9.47 Å². The van der Waals surface area contributed by atoms with Crippen LogP contribution >= 0.6 is 22.9 Å². The van der Waals surface area contributed by atoms with Gasteiger partial charge in [-0.05, 0) is 16.7 Å². The second-order valence-corrected chi connectivity index (χ2v) is 4.87. The smallest absolute Gasteiger partial charge is 0.260 e. The summed E-state index contributed by atoms with van der Waals surface area (Å²) in [6, 6.07) is 3.46. The van der Waals surface area contributed by atoms with Crippen molar-refractivity contribution in [2.24, 2.45) is 5.11 Å². The summed E-state index contributed by atoms with van der Waals surface area (Å²) in [7, 11) is 0. The molecular weight excluding hydrogens is 278 g/mol. The van der Waals surface area contributed by atoms with E-state index in [4.69, 9.17) is 26.6 Å². The van der Waals surface area contributed by atoms with Gasteiger partial charge in [0.1, 0.15) is 0 Å². The number of rotatable bonds is 1. The van der Waals surface area contributed by atoms with Crippen LogP contribution in [-0.2, 0) is 0 Å². The fourth-order valence-electron chi connectivity index (χ4n) is 1.68. The van der Waals surface area contributed by atoms with Crippen LogP contribution in [0, 0.1) is 0 Å². The van der Waals surface area contributed by atoms with Gasteiger partial charge in [-0.3, -0.25) is 4.79 Å². The fourth-order valence-corrected chi connectivity index (χ4v) is 3.07. The highest BCUT2D eigenvalue weighted by molar-refractivity contribution is 7.21. The topological polar surface area (TPSA) is 84.3 Å². The summed E-state index contributed by atoms with van der Waals surface area (Å²) >= 11 is 7.26. The van der Waals surface area contributed by atoms with Crippen LogP contribution in [-0.4, -0.2) is 12.7 Å². The zero-order chi connectivity index (χ0) is 12.7. The van der Waals surface area contributed by atoms with E-state index < -0.39 is 5.91 Å². The van der Waals surface area contributed by atoms with Gasteiger partial charge in [-0.25, -0.2) is 0 Å². The molecule has 0 aliphatic carbocycles. The number of carbonyl (C=O) groups is 1. The van der Waals surface area contributed by atoms with Crippen LogP contribution in [0.3, 0.4) is 0 Å². The Morgan fingerprint density at radius 2 is 2.17 bits per heavy atom. The molecule has 2 aromatic rings. The molecule has 0 unspecified atom stereocenters. The largest absolute Gasteiger partial charge is 0.454 e. The summed E-state index contributed by atoms with van der Waals surface area (Å²) in [6.07, 6.45) is 0. The predicted molar refractivity (Wildman–Crippen MR) is 66.4 cm³/mol. The number of hydrogen-bond acceptors (Lipinski definition) is 4. The third-order valence-electron chi connectivity index (χ3n) is 2.45. The maximum Gasteiger partial charge on any atom is 0.260 e. The maximum absolute atomic E-state index is 11.5. The van der Waals surface area contributed by atoms with Crippen LogP contribution in [0.15, 0.2) is 17.2 Å². The minimum Gasteiger partial charge on any atom is -0.454 e. The first kappa shape index (κ1) is 11.2. The van der Waals surface area contributed by atoms with Gasteiger partial charge in [-0.2, -0.15) is 0 Å². The highest BCUT2D eigenvalue weighted by atomic mass is 35.5. The van der Waals surface area contributed by atoms with Gasteiger partial charge in [0, 0.05) is 21.1 Å². The monoisotopic (exact) mass is 281 g/mol. The molecule has 6 nitrogen and oxygen atoms in total. The SMILES string of the molecule is [N-]=[N+]=NC(=O)c1sc2cc3c(cc2c1Cl)OCO3. The molecule has 0 saturated carbocycles. The van der Waals surface area contributed by atoms with E-state index in [9.17, 15) is 4.79 Å².